The van der Waals surface area contributed by atoms with E-state index in [4.69, 9.17) is 0 Å². The summed E-state index contributed by atoms with van der Waals surface area (Å²) in [5, 5.41) is 0. The molecular formula is C9H15NO. The predicted molar refractivity (Wildman–Crippen MR) is 43.0 cm³/mol. The fourth-order valence-corrected chi connectivity index (χ4v) is 2.39. The van der Waals surface area contributed by atoms with Gasteiger partial charge in [0.25, 0.3) is 0 Å². The van der Waals surface area contributed by atoms with E-state index in [1.807, 2.05) is 4.90 Å². The zero-order valence-corrected chi connectivity index (χ0v) is 7.42. The van der Waals surface area contributed by atoms with E-state index in [-0.39, 0.29) is 5.91 Å². The van der Waals surface area contributed by atoms with E-state index in [0.29, 0.717) is 5.41 Å². The van der Waals surface area contributed by atoms with Crippen molar-refractivity contribution in [1.82, 2.24) is 4.90 Å². The summed E-state index contributed by atoms with van der Waals surface area (Å²) in [6, 6.07) is 0. The van der Waals surface area contributed by atoms with E-state index < -0.39 is 0 Å². The molecule has 0 N–H and O–H groups in total. The van der Waals surface area contributed by atoms with E-state index in [9.17, 15) is 4.79 Å². The number of fused-ring (bicyclic) bond motifs is 1. The number of amides is 1. The van der Waals surface area contributed by atoms with Crippen LogP contribution in [0, 0.1) is 17.3 Å². The fraction of sp³-hybridized carbons (Fsp3) is 0.889. The third kappa shape index (κ3) is 0.815. The summed E-state index contributed by atoms with van der Waals surface area (Å²) in [6.07, 6.45) is 0. The van der Waals surface area contributed by atoms with E-state index in [1.165, 1.54) is 0 Å². The Bertz CT molecular complexity index is 196. The van der Waals surface area contributed by atoms with Crippen LogP contribution in [0.25, 0.3) is 0 Å². The number of nitrogens with zero attached hydrogens (tertiary/aromatic N) is 1. The van der Waals surface area contributed by atoms with Crippen LogP contribution in [0.2, 0.25) is 0 Å². The minimum Gasteiger partial charge on any atom is -0.342 e. The first kappa shape index (κ1) is 7.14. The lowest BCUT2D eigenvalue weighted by molar-refractivity contribution is -0.128. The lowest BCUT2D eigenvalue weighted by Crippen LogP contribution is -2.30. The SMILES string of the molecule is CC(=O)N1CC2C(C1)C2(C)C. The molecule has 1 heterocycles. The lowest BCUT2D eigenvalue weighted by Gasteiger charge is -2.19. The Morgan fingerprint density at radius 2 is 1.82 bits per heavy atom. The molecule has 1 saturated carbocycles. The predicted octanol–water partition coefficient (Wildman–Crippen LogP) is 1.12. The number of hydrogen-bond donors (Lipinski definition) is 0. The summed E-state index contributed by atoms with van der Waals surface area (Å²) in [7, 11) is 0. The molecule has 2 heteroatoms. The number of rotatable bonds is 0. The van der Waals surface area contributed by atoms with Crippen molar-refractivity contribution < 1.29 is 4.79 Å². The van der Waals surface area contributed by atoms with Crippen molar-refractivity contribution >= 4 is 5.91 Å². The number of likely N-dealkylation sites (tertiary alicyclic amines) is 1. The Kier molecular flexibility index (Phi) is 1.16. The number of hydrogen-bond acceptors (Lipinski definition) is 1. The van der Waals surface area contributed by atoms with Gasteiger partial charge in [0.2, 0.25) is 5.91 Å². The van der Waals surface area contributed by atoms with Gasteiger partial charge < -0.3 is 4.90 Å². The molecule has 1 saturated heterocycles. The largest absolute Gasteiger partial charge is 0.342 e. The van der Waals surface area contributed by atoms with Gasteiger partial charge in [-0.2, -0.15) is 0 Å². The molecule has 62 valence electrons. The van der Waals surface area contributed by atoms with Crippen molar-refractivity contribution in [2.24, 2.45) is 17.3 Å². The van der Waals surface area contributed by atoms with Crippen LogP contribution in [-0.4, -0.2) is 23.9 Å². The first-order valence-electron chi connectivity index (χ1n) is 4.29. The second-order valence-corrected chi connectivity index (χ2v) is 4.46. The smallest absolute Gasteiger partial charge is 0.219 e. The zero-order chi connectivity index (χ0) is 8.22. The lowest BCUT2D eigenvalue weighted by atomic mass is 10.1. The fourth-order valence-electron chi connectivity index (χ4n) is 2.39. The van der Waals surface area contributed by atoms with Crippen molar-refractivity contribution in [1.29, 1.82) is 0 Å². The molecule has 2 atom stereocenters. The highest BCUT2D eigenvalue weighted by molar-refractivity contribution is 5.73. The van der Waals surface area contributed by atoms with Gasteiger partial charge in [-0.1, -0.05) is 13.8 Å². The maximum atomic E-state index is 10.9. The molecule has 0 aromatic heterocycles. The molecule has 0 radical (unpaired) electrons. The Hall–Kier alpha value is -0.530. The Morgan fingerprint density at radius 1 is 1.36 bits per heavy atom. The molecule has 2 aliphatic rings. The van der Waals surface area contributed by atoms with Crippen LogP contribution in [0.4, 0.5) is 0 Å². The van der Waals surface area contributed by atoms with Crippen molar-refractivity contribution in [3.8, 4) is 0 Å². The van der Waals surface area contributed by atoms with Crippen LogP contribution < -0.4 is 0 Å². The first-order chi connectivity index (χ1) is 5.03. The molecule has 1 aliphatic carbocycles. The standard InChI is InChI=1S/C9H15NO/c1-6(11)10-4-7-8(5-10)9(7,2)3/h7-8H,4-5H2,1-3H3. The number of carbonyl (C=O) groups excluding carboxylic acids is 1. The van der Waals surface area contributed by atoms with Crippen molar-refractivity contribution in [2.75, 3.05) is 13.1 Å². The maximum absolute atomic E-state index is 10.9. The number of piperidine rings is 1. The molecule has 1 aliphatic heterocycles. The molecule has 2 fully saturated rings. The highest BCUT2D eigenvalue weighted by Crippen LogP contribution is 2.61. The van der Waals surface area contributed by atoms with Gasteiger partial charge in [-0.05, 0) is 17.3 Å². The van der Waals surface area contributed by atoms with Crippen LogP contribution in [0.5, 0.6) is 0 Å². The Labute approximate surface area is 67.6 Å². The van der Waals surface area contributed by atoms with Crippen molar-refractivity contribution in [3.05, 3.63) is 0 Å². The highest BCUT2D eigenvalue weighted by atomic mass is 16.2. The summed E-state index contributed by atoms with van der Waals surface area (Å²) in [6.45, 7) is 8.29. The Morgan fingerprint density at radius 3 is 2.18 bits per heavy atom. The summed E-state index contributed by atoms with van der Waals surface area (Å²) in [5.74, 6) is 1.84. The molecule has 2 unspecified atom stereocenters. The second kappa shape index (κ2) is 1.79. The molecule has 2 nitrogen and oxygen atoms in total. The minimum absolute atomic E-state index is 0.244. The molecule has 0 bridgehead atoms. The molecule has 2 rings (SSSR count). The van der Waals surface area contributed by atoms with Gasteiger partial charge in [0.15, 0.2) is 0 Å². The van der Waals surface area contributed by atoms with Crippen molar-refractivity contribution in [2.45, 2.75) is 20.8 Å². The summed E-state index contributed by atoms with van der Waals surface area (Å²) >= 11 is 0. The highest BCUT2D eigenvalue weighted by Gasteiger charge is 2.62. The van der Waals surface area contributed by atoms with Gasteiger partial charge in [0, 0.05) is 20.0 Å². The van der Waals surface area contributed by atoms with Crippen LogP contribution in [0.3, 0.4) is 0 Å². The molecule has 0 spiro atoms. The zero-order valence-electron chi connectivity index (χ0n) is 7.42. The van der Waals surface area contributed by atoms with Crippen molar-refractivity contribution in [3.63, 3.8) is 0 Å². The van der Waals surface area contributed by atoms with E-state index in [1.54, 1.807) is 6.92 Å². The average molecular weight is 153 g/mol. The average Bonchev–Trinajstić information content (AvgIpc) is 2.28. The molecular weight excluding hydrogens is 138 g/mol. The van der Waals surface area contributed by atoms with Crippen LogP contribution in [0.1, 0.15) is 20.8 Å². The summed E-state index contributed by atoms with van der Waals surface area (Å²) in [5.41, 5.74) is 0.534. The van der Waals surface area contributed by atoms with Gasteiger partial charge in [0.05, 0.1) is 0 Å². The molecule has 0 aromatic carbocycles. The maximum Gasteiger partial charge on any atom is 0.219 e. The van der Waals surface area contributed by atoms with Crippen LogP contribution in [-0.2, 0) is 4.79 Å². The van der Waals surface area contributed by atoms with Crippen LogP contribution >= 0.6 is 0 Å². The van der Waals surface area contributed by atoms with E-state index >= 15 is 0 Å². The summed E-state index contributed by atoms with van der Waals surface area (Å²) < 4.78 is 0. The van der Waals surface area contributed by atoms with Gasteiger partial charge >= 0.3 is 0 Å². The van der Waals surface area contributed by atoms with Gasteiger partial charge in [-0.3, -0.25) is 4.79 Å². The van der Waals surface area contributed by atoms with Crippen LogP contribution in [0.15, 0.2) is 0 Å². The van der Waals surface area contributed by atoms with Gasteiger partial charge in [-0.25, -0.2) is 0 Å². The Balaban J connectivity index is 2.00. The minimum atomic E-state index is 0.244. The second-order valence-electron chi connectivity index (χ2n) is 4.46. The van der Waals surface area contributed by atoms with E-state index in [0.717, 1.165) is 24.9 Å². The third-order valence-corrected chi connectivity index (χ3v) is 3.57. The molecule has 11 heavy (non-hydrogen) atoms. The normalized spacial score (nSPS) is 38.6. The first-order valence-corrected chi connectivity index (χ1v) is 4.29. The third-order valence-electron chi connectivity index (χ3n) is 3.57. The topological polar surface area (TPSA) is 20.3 Å². The molecule has 0 aromatic rings. The quantitative estimate of drug-likeness (QED) is 0.510. The summed E-state index contributed by atoms with van der Waals surface area (Å²) in [4.78, 5) is 12.9. The number of carbonyl (C=O) groups is 1. The van der Waals surface area contributed by atoms with E-state index in [2.05, 4.69) is 13.8 Å². The monoisotopic (exact) mass is 153 g/mol. The van der Waals surface area contributed by atoms with Gasteiger partial charge in [-0.15, -0.1) is 0 Å². The molecule has 1 amide bonds. The van der Waals surface area contributed by atoms with Gasteiger partial charge in [0.1, 0.15) is 0 Å².